The topological polar surface area (TPSA) is 62.2 Å². The molecule has 20 heavy (non-hydrogen) atoms. The van der Waals surface area contributed by atoms with Crippen molar-refractivity contribution in [3.63, 3.8) is 0 Å². The van der Waals surface area contributed by atoms with Crippen molar-refractivity contribution in [2.45, 2.75) is 6.18 Å². The van der Waals surface area contributed by atoms with Crippen LogP contribution in [0.5, 0.6) is 0 Å². The number of nitrogens with one attached hydrogen (secondary N) is 1. The van der Waals surface area contributed by atoms with E-state index in [4.69, 9.17) is 5.11 Å². The molecule has 9 heteroatoms. The smallest absolute Gasteiger partial charge is 0.416 e. The molecule has 106 valence electrons. The largest absolute Gasteiger partial charge is 0.476 e. The Bertz CT molecular complexity index is 654. The lowest BCUT2D eigenvalue weighted by atomic mass is 10.2. The average molecular weight is 306 g/mol. The molecule has 0 spiro atoms. The first-order valence-electron chi connectivity index (χ1n) is 5.10. The number of hydrogen-bond acceptors (Lipinski definition) is 4. The number of carboxylic acid groups (broad SMARTS) is 1. The van der Waals surface area contributed by atoms with E-state index in [1.807, 2.05) is 0 Å². The van der Waals surface area contributed by atoms with Crippen LogP contribution < -0.4 is 5.32 Å². The number of benzene rings is 1. The van der Waals surface area contributed by atoms with Crippen LogP contribution in [-0.4, -0.2) is 16.1 Å². The fraction of sp³-hybridized carbons (Fsp3) is 0.0909. The van der Waals surface area contributed by atoms with Crippen molar-refractivity contribution < 1.29 is 27.5 Å². The highest BCUT2D eigenvalue weighted by atomic mass is 32.1. The summed E-state index contributed by atoms with van der Waals surface area (Å²) in [5.74, 6) is -2.18. The molecule has 1 aromatic carbocycles. The van der Waals surface area contributed by atoms with E-state index in [1.165, 1.54) is 5.38 Å². The van der Waals surface area contributed by atoms with Crippen LogP contribution in [-0.2, 0) is 6.18 Å². The molecular formula is C11H6F4N2O2S. The van der Waals surface area contributed by atoms with Crippen LogP contribution in [0.1, 0.15) is 16.1 Å². The zero-order valence-electron chi connectivity index (χ0n) is 9.53. The maximum Gasteiger partial charge on any atom is 0.416 e. The number of rotatable bonds is 3. The van der Waals surface area contributed by atoms with Gasteiger partial charge in [0.1, 0.15) is 5.82 Å². The molecule has 0 atom stereocenters. The first kappa shape index (κ1) is 14.3. The van der Waals surface area contributed by atoms with Gasteiger partial charge >= 0.3 is 12.1 Å². The lowest BCUT2D eigenvalue weighted by Crippen LogP contribution is -2.06. The summed E-state index contributed by atoms with van der Waals surface area (Å²) in [4.78, 5) is 14.2. The van der Waals surface area contributed by atoms with E-state index >= 15 is 0 Å². The zero-order valence-corrected chi connectivity index (χ0v) is 10.3. The van der Waals surface area contributed by atoms with Gasteiger partial charge < -0.3 is 10.4 Å². The van der Waals surface area contributed by atoms with Gasteiger partial charge in [0.05, 0.1) is 11.3 Å². The maximum atomic E-state index is 13.4. The Labute approximate surface area is 113 Å². The molecule has 1 aromatic heterocycles. The minimum atomic E-state index is -4.60. The molecule has 0 unspecified atom stereocenters. The number of aromatic carboxylic acids is 1. The van der Waals surface area contributed by atoms with Gasteiger partial charge in [-0.25, -0.2) is 14.2 Å². The summed E-state index contributed by atoms with van der Waals surface area (Å²) in [5.41, 5.74) is -1.72. The number of carboxylic acids is 1. The second kappa shape index (κ2) is 5.08. The number of halogens is 4. The molecule has 0 bridgehead atoms. The number of nitrogens with zero attached hydrogens (tertiary/aromatic N) is 1. The lowest BCUT2D eigenvalue weighted by molar-refractivity contribution is -0.137. The van der Waals surface area contributed by atoms with Crippen LogP contribution in [0.3, 0.4) is 0 Å². The minimum absolute atomic E-state index is 0.0133. The Hall–Kier alpha value is -2.16. The molecule has 2 rings (SSSR count). The highest BCUT2D eigenvalue weighted by molar-refractivity contribution is 7.14. The fourth-order valence-electron chi connectivity index (χ4n) is 1.34. The van der Waals surface area contributed by atoms with E-state index in [-0.39, 0.29) is 10.8 Å². The molecule has 1 heterocycles. The summed E-state index contributed by atoms with van der Waals surface area (Å²) in [5, 5.41) is 12.2. The molecule has 0 amide bonds. The minimum Gasteiger partial charge on any atom is -0.476 e. The SMILES string of the molecule is O=C(O)c1csc(Nc2cc(C(F)(F)F)ccc2F)n1. The molecule has 0 aliphatic carbocycles. The van der Waals surface area contributed by atoms with E-state index in [1.54, 1.807) is 0 Å². The number of hydrogen-bond donors (Lipinski definition) is 2. The van der Waals surface area contributed by atoms with E-state index in [0.717, 1.165) is 11.3 Å². The van der Waals surface area contributed by atoms with Gasteiger partial charge in [0, 0.05) is 5.38 Å². The molecule has 4 nitrogen and oxygen atoms in total. The van der Waals surface area contributed by atoms with Gasteiger partial charge in [0.2, 0.25) is 0 Å². The van der Waals surface area contributed by atoms with Gasteiger partial charge in [-0.05, 0) is 18.2 Å². The zero-order chi connectivity index (χ0) is 14.9. The van der Waals surface area contributed by atoms with Crippen molar-refractivity contribution in [3.8, 4) is 0 Å². The predicted octanol–water partition coefficient (Wildman–Crippen LogP) is 3.74. The summed E-state index contributed by atoms with van der Waals surface area (Å²) in [6.07, 6.45) is -4.60. The number of aromatic nitrogens is 1. The van der Waals surface area contributed by atoms with Gasteiger partial charge in [-0.1, -0.05) is 0 Å². The third-order valence-electron chi connectivity index (χ3n) is 2.26. The van der Waals surface area contributed by atoms with Crippen molar-refractivity contribution in [2.24, 2.45) is 0 Å². The predicted molar refractivity (Wildman–Crippen MR) is 63.8 cm³/mol. The summed E-state index contributed by atoms with van der Waals surface area (Å²) < 4.78 is 51.0. The number of anilines is 2. The third kappa shape index (κ3) is 3.05. The Balaban J connectivity index is 2.30. The number of thiazole rings is 1. The van der Waals surface area contributed by atoms with Crippen molar-refractivity contribution >= 4 is 28.1 Å². The quantitative estimate of drug-likeness (QED) is 0.848. The van der Waals surface area contributed by atoms with Crippen LogP contribution in [0.15, 0.2) is 23.6 Å². The van der Waals surface area contributed by atoms with Gasteiger partial charge in [0.15, 0.2) is 10.8 Å². The highest BCUT2D eigenvalue weighted by Crippen LogP contribution is 2.33. The lowest BCUT2D eigenvalue weighted by Gasteiger charge is -2.10. The second-order valence-electron chi connectivity index (χ2n) is 3.66. The van der Waals surface area contributed by atoms with Gasteiger partial charge in [0.25, 0.3) is 0 Å². The fourth-order valence-corrected chi connectivity index (χ4v) is 2.04. The van der Waals surface area contributed by atoms with Crippen molar-refractivity contribution in [3.05, 3.63) is 40.7 Å². The number of alkyl halides is 3. The summed E-state index contributed by atoms with van der Waals surface area (Å²) in [6.45, 7) is 0. The first-order valence-corrected chi connectivity index (χ1v) is 5.98. The summed E-state index contributed by atoms with van der Waals surface area (Å²) in [6, 6.07) is 1.89. The Morgan fingerprint density at radius 2 is 2.05 bits per heavy atom. The normalized spacial score (nSPS) is 11.4. The molecule has 0 aliphatic heterocycles. The maximum absolute atomic E-state index is 13.4. The van der Waals surface area contributed by atoms with E-state index in [2.05, 4.69) is 10.3 Å². The molecular weight excluding hydrogens is 300 g/mol. The molecule has 0 aliphatic rings. The molecule has 2 N–H and O–H groups in total. The molecule has 0 saturated carbocycles. The third-order valence-corrected chi connectivity index (χ3v) is 3.02. The number of carbonyl (C=O) groups is 1. The summed E-state index contributed by atoms with van der Waals surface area (Å²) in [7, 11) is 0. The molecule has 0 saturated heterocycles. The Kier molecular flexibility index (Phi) is 3.62. The van der Waals surface area contributed by atoms with Crippen LogP contribution in [0, 0.1) is 5.82 Å². The Morgan fingerprint density at radius 1 is 1.35 bits per heavy atom. The Morgan fingerprint density at radius 3 is 2.60 bits per heavy atom. The molecule has 0 radical (unpaired) electrons. The van der Waals surface area contributed by atoms with Crippen molar-refractivity contribution in [1.82, 2.24) is 4.98 Å². The first-order chi connectivity index (χ1) is 9.27. The highest BCUT2D eigenvalue weighted by Gasteiger charge is 2.31. The van der Waals surface area contributed by atoms with Gasteiger partial charge in [-0.3, -0.25) is 0 Å². The van der Waals surface area contributed by atoms with Crippen LogP contribution in [0.2, 0.25) is 0 Å². The van der Waals surface area contributed by atoms with E-state index in [0.29, 0.717) is 18.2 Å². The van der Waals surface area contributed by atoms with E-state index in [9.17, 15) is 22.4 Å². The second-order valence-corrected chi connectivity index (χ2v) is 4.52. The molecule has 2 aromatic rings. The van der Waals surface area contributed by atoms with Crippen molar-refractivity contribution in [1.29, 1.82) is 0 Å². The van der Waals surface area contributed by atoms with Crippen LogP contribution >= 0.6 is 11.3 Å². The van der Waals surface area contributed by atoms with Gasteiger partial charge in [-0.15, -0.1) is 11.3 Å². The van der Waals surface area contributed by atoms with Crippen molar-refractivity contribution in [2.75, 3.05) is 5.32 Å². The average Bonchev–Trinajstić information content (AvgIpc) is 2.79. The standard InChI is InChI=1S/C11H6F4N2O2S/c12-6-2-1-5(11(13,14)15)3-7(6)16-10-17-8(4-20-10)9(18)19/h1-4H,(H,16,17)(H,18,19). The van der Waals surface area contributed by atoms with E-state index < -0.39 is 29.2 Å². The molecule has 0 fully saturated rings. The van der Waals surface area contributed by atoms with Gasteiger partial charge in [-0.2, -0.15) is 13.2 Å². The summed E-state index contributed by atoms with van der Waals surface area (Å²) >= 11 is 0.844. The monoisotopic (exact) mass is 306 g/mol. The van der Waals surface area contributed by atoms with Crippen LogP contribution in [0.4, 0.5) is 28.4 Å². The van der Waals surface area contributed by atoms with Crippen LogP contribution in [0.25, 0.3) is 0 Å².